The highest BCUT2D eigenvalue weighted by atomic mass is 16.5. The SMILES string of the molecule is COc1cccc(N2CCN(C3CCNC(C)C3)CC2)c1. The zero-order valence-corrected chi connectivity index (χ0v) is 13.2. The summed E-state index contributed by atoms with van der Waals surface area (Å²) in [5.41, 5.74) is 1.28. The highest BCUT2D eigenvalue weighted by Gasteiger charge is 2.27. The molecule has 0 spiro atoms. The number of hydrogen-bond donors (Lipinski definition) is 1. The fourth-order valence-electron chi connectivity index (χ4n) is 3.59. The second-order valence-corrected chi connectivity index (χ2v) is 6.26. The van der Waals surface area contributed by atoms with E-state index in [1.807, 2.05) is 6.07 Å². The molecule has 0 aromatic heterocycles. The monoisotopic (exact) mass is 289 g/mol. The fraction of sp³-hybridized carbons (Fsp3) is 0.647. The van der Waals surface area contributed by atoms with E-state index in [0.717, 1.165) is 24.9 Å². The Morgan fingerprint density at radius 3 is 2.71 bits per heavy atom. The number of piperazine rings is 1. The van der Waals surface area contributed by atoms with Crippen molar-refractivity contribution in [3.8, 4) is 5.75 Å². The number of anilines is 1. The van der Waals surface area contributed by atoms with Crippen LogP contribution in [0, 0.1) is 0 Å². The first-order valence-corrected chi connectivity index (χ1v) is 8.12. The molecule has 1 aromatic rings. The lowest BCUT2D eigenvalue weighted by Gasteiger charge is -2.42. The van der Waals surface area contributed by atoms with E-state index < -0.39 is 0 Å². The molecule has 2 aliphatic rings. The van der Waals surface area contributed by atoms with E-state index in [2.05, 4.69) is 40.2 Å². The Morgan fingerprint density at radius 1 is 1.19 bits per heavy atom. The number of rotatable bonds is 3. The zero-order valence-electron chi connectivity index (χ0n) is 13.2. The summed E-state index contributed by atoms with van der Waals surface area (Å²) in [5.74, 6) is 0.946. The minimum absolute atomic E-state index is 0.667. The van der Waals surface area contributed by atoms with Gasteiger partial charge < -0.3 is 15.0 Å². The summed E-state index contributed by atoms with van der Waals surface area (Å²) >= 11 is 0. The average Bonchev–Trinajstić information content (AvgIpc) is 2.55. The number of hydrogen-bond acceptors (Lipinski definition) is 4. The van der Waals surface area contributed by atoms with Crippen LogP contribution >= 0.6 is 0 Å². The first-order chi connectivity index (χ1) is 10.3. The Hall–Kier alpha value is -1.26. The third kappa shape index (κ3) is 3.50. The molecular weight excluding hydrogens is 262 g/mol. The average molecular weight is 289 g/mol. The van der Waals surface area contributed by atoms with Crippen LogP contribution in [-0.4, -0.2) is 56.8 Å². The molecular formula is C17H27N3O. The van der Waals surface area contributed by atoms with Crippen LogP contribution < -0.4 is 15.0 Å². The van der Waals surface area contributed by atoms with Gasteiger partial charge in [0.1, 0.15) is 5.75 Å². The van der Waals surface area contributed by atoms with Crippen LogP contribution in [0.3, 0.4) is 0 Å². The number of piperidine rings is 1. The standard InChI is InChI=1S/C17H27N3O/c1-14-12-16(6-7-18-14)20-10-8-19(9-11-20)15-4-3-5-17(13-15)21-2/h3-5,13-14,16,18H,6-12H2,1-2H3. The summed E-state index contributed by atoms with van der Waals surface area (Å²) in [6.07, 6.45) is 2.59. The van der Waals surface area contributed by atoms with Gasteiger partial charge in [0.25, 0.3) is 0 Å². The van der Waals surface area contributed by atoms with Crippen LogP contribution in [0.1, 0.15) is 19.8 Å². The lowest BCUT2D eigenvalue weighted by atomic mass is 9.98. The topological polar surface area (TPSA) is 27.7 Å². The van der Waals surface area contributed by atoms with Gasteiger partial charge in [-0.3, -0.25) is 4.90 Å². The van der Waals surface area contributed by atoms with Crippen molar-refractivity contribution in [1.82, 2.24) is 10.2 Å². The molecule has 0 bridgehead atoms. The molecule has 0 aliphatic carbocycles. The van der Waals surface area contributed by atoms with Gasteiger partial charge in [0.2, 0.25) is 0 Å². The molecule has 2 aliphatic heterocycles. The van der Waals surface area contributed by atoms with Crippen molar-refractivity contribution in [2.75, 3.05) is 44.7 Å². The van der Waals surface area contributed by atoms with Crippen molar-refractivity contribution in [1.29, 1.82) is 0 Å². The predicted octanol–water partition coefficient (Wildman–Crippen LogP) is 1.96. The molecule has 2 fully saturated rings. The van der Waals surface area contributed by atoms with Crippen LogP contribution in [0.2, 0.25) is 0 Å². The maximum atomic E-state index is 5.33. The van der Waals surface area contributed by atoms with Crippen LogP contribution in [0.4, 0.5) is 5.69 Å². The van der Waals surface area contributed by atoms with Crippen LogP contribution in [0.15, 0.2) is 24.3 Å². The normalized spacial score (nSPS) is 27.6. The van der Waals surface area contributed by atoms with E-state index in [9.17, 15) is 0 Å². The molecule has 1 aromatic carbocycles. The lowest BCUT2D eigenvalue weighted by molar-refractivity contribution is 0.139. The van der Waals surface area contributed by atoms with Crippen LogP contribution in [-0.2, 0) is 0 Å². The summed E-state index contributed by atoms with van der Waals surface area (Å²) in [4.78, 5) is 5.16. The quantitative estimate of drug-likeness (QED) is 0.920. The maximum absolute atomic E-state index is 5.33. The molecule has 0 radical (unpaired) electrons. The molecule has 1 N–H and O–H groups in total. The van der Waals surface area contributed by atoms with Crippen LogP contribution in [0.25, 0.3) is 0 Å². The molecule has 0 saturated carbocycles. The molecule has 0 amide bonds. The maximum Gasteiger partial charge on any atom is 0.120 e. The second kappa shape index (κ2) is 6.67. The lowest BCUT2D eigenvalue weighted by Crippen LogP contribution is -2.54. The Kier molecular flexibility index (Phi) is 4.66. The van der Waals surface area contributed by atoms with Gasteiger partial charge in [-0.25, -0.2) is 0 Å². The smallest absolute Gasteiger partial charge is 0.120 e. The molecule has 2 unspecified atom stereocenters. The van der Waals surface area contributed by atoms with E-state index in [1.165, 1.54) is 38.2 Å². The van der Waals surface area contributed by atoms with Gasteiger partial charge in [0, 0.05) is 50.0 Å². The summed E-state index contributed by atoms with van der Waals surface area (Å²) in [7, 11) is 1.73. The highest BCUT2D eigenvalue weighted by molar-refractivity contribution is 5.51. The van der Waals surface area contributed by atoms with Crippen LogP contribution in [0.5, 0.6) is 5.75 Å². The van der Waals surface area contributed by atoms with Gasteiger partial charge >= 0.3 is 0 Å². The Morgan fingerprint density at radius 2 is 2.00 bits per heavy atom. The fourth-order valence-corrected chi connectivity index (χ4v) is 3.59. The number of benzene rings is 1. The Labute approximate surface area is 128 Å². The third-order valence-corrected chi connectivity index (χ3v) is 4.85. The summed E-state index contributed by atoms with van der Waals surface area (Å²) < 4.78 is 5.33. The predicted molar refractivity (Wildman–Crippen MR) is 87.3 cm³/mol. The molecule has 2 atom stereocenters. The van der Waals surface area contributed by atoms with Gasteiger partial charge in [-0.15, -0.1) is 0 Å². The van der Waals surface area contributed by atoms with Crippen molar-refractivity contribution >= 4 is 5.69 Å². The third-order valence-electron chi connectivity index (χ3n) is 4.85. The van der Waals surface area contributed by atoms with Gasteiger partial charge in [-0.05, 0) is 38.4 Å². The van der Waals surface area contributed by atoms with Gasteiger partial charge in [0.15, 0.2) is 0 Å². The van der Waals surface area contributed by atoms with Crippen molar-refractivity contribution in [2.24, 2.45) is 0 Å². The van der Waals surface area contributed by atoms with E-state index >= 15 is 0 Å². The number of nitrogens with zero attached hydrogens (tertiary/aromatic N) is 2. The number of nitrogens with one attached hydrogen (secondary N) is 1. The first kappa shape index (κ1) is 14.7. The highest BCUT2D eigenvalue weighted by Crippen LogP contribution is 2.24. The van der Waals surface area contributed by atoms with E-state index in [0.29, 0.717) is 6.04 Å². The first-order valence-electron chi connectivity index (χ1n) is 8.12. The Bertz CT molecular complexity index is 457. The largest absolute Gasteiger partial charge is 0.497 e. The van der Waals surface area contributed by atoms with Gasteiger partial charge in [-0.1, -0.05) is 6.07 Å². The van der Waals surface area contributed by atoms with Gasteiger partial charge in [-0.2, -0.15) is 0 Å². The molecule has 116 valence electrons. The summed E-state index contributed by atoms with van der Waals surface area (Å²) in [6.45, 7) is 8.06. The summed E-state index contributed by atoms with van der Waals surface area (Å²) in [5, 5.41) is 3.55. The molecule has 2 heterocycles. The zero-order chi connectivity index (χ0) is 14.7. The Balaban J connectivity index is 1.57. The van der Waals surface area contributed by atoms with E-state index in [1.54, 1.807) is 7.11 Å². The summed E-state index contributed by atoms with van der Waals surface area (Å²) in [6, 6.07) is 9.85. The van der Waals surface area contributed by atoms with Crippen molar-refractivity contribution < 1.29 is 4.74 Å². The van der Waals surface area contributed by atoms with Crippen molar-refractivity contribution in [3.05, 3.63) is 24.3 Å². The van der Waals surface area contributed by atoms with Gasteiger partial charge in [0.05, 0.1) is 7.11 Å². The second-order valence-electron chi connectivity index (χ2n) is 6.26. The molecule has 4 nitrogen and oxygen atoms in total. The number of methoxy groups -OCH3 is 1. The number of ether oxygens (including phenoxy) is 1. The molecule has 2 saturated heterocycles. The molecule has 21 heavy (non-hydrogen) atoms. The minimum Gasteiger partial charge on any atom is -0.497 e. The minimum atomic E-state index is 0.667. The molecule has 3 rings (SSSR count). The van der Waals surface area contributed by atoms with E-state index in [4.69, 9.17) is 4.74 Å². The van der Waals surface area contributed by atoms with Crippen molar-refractivity contribution in [2.45, 2.75) is 31.8 Å². The molecule has 4 heteroatoms. The van der Waals surface area contributed by atoms with Crippen molar-refractivity contribution in [3.63, 3.8) is 0 Å². The van der Waals surface area contributed by atoms with E-state index in [-0.39, 0.29) is 0 Å².